The summed E-state index contributed by atoms with van der Waals surface area (Å²) >= 11 is 1.47. The molecule has 7 nitrogen and oxygen atoms in total. The Hall–Kier alpha value is -5.26. The fourth-order valence-electron chi connectivity index (χ4n) is 5.20. The molecule has 214 valence electrons. The number of carboxylic acids is 1. The zero-order valence-corrected chi connectivity index (χ0v) is 24.7. The van der Waals surface area contributed by atoms with Gasteiger partial charge in [0.2, 0.25) is 0 Å². The van der Waals surface area contributed by atoms with E-state index in [1.54, 1.807) is 36.4 Å². The predicted molar refractivity (Wildman–Crippen MR) is 173 cm³/mol. The Balaban J connectivity index is 1.46. The Morgan fingerprint density at radius 3 is 2.47 bits per heavy atom. The molecule has 0 aliphatic carbocycles. The van der Waals surface area contributed by atoms with Gasteiger partial charge in [0.1, 0.15) is 11.6 Å². The average Bonchev–Trinajstić information content (AvgIpc) is 3.46. The highest BCUT2D eigenvalue weighted by atomic mass is 32.1. The molecular weight excluding hydrogens is 556 g/mol. The standard InChI is InChI=1S/C35H30N4O3S/c1-22-15-23(2)17-28(16-22)39-14-6-7-24-18-25(10-12-32(24)39)33-13-11-29(43-33)20-30(31(37)19-26(21-36)35(41)42)34(40)38-27-8-4-3-5-9-27/h3-5,8-13,15-20,37H,6-7,14H2,1-2H3,(H,38,40)(H,41,42)/b26-19+,30-20-,37-31?. The molecule has 3 N–H and O–H groups in total. The number of fused-ring (bicyclic) bond motifs is 1. The molecule has 1 aliphatic heterocycles. The van der Waals surface area contributed by atoms with E-state index in [-0.39, 0.29) is 11.3 Å². The van der Waals surface area contributed by atoms with Crippen LogP contribution in [0.1, 0.15) is 28.0 Å². The van der Waals surface area contributed by atoms with Gasteiger partial charge in [0, 0.05) is 33.4 Å². The van der Waals surface area contributed by atoms with Crippen LogP contribution >= 0.6 is 11.3 Å². The van der Waals surface area contributed by atoms with Gasteiger partial charge in [-0.15, -0.1) is 11.3 Å². The maximum Gasteiger partial charge on any atom is 0.346 e. The number of benzene rings is 3. The van der Waals surface area contributed by atoms with Crippen LogP contribution in [0.5, 0.6) is 0 Å². The van der Waals surface area contributed by atoms with Crippen LogP contribution < -0.4 is 10.2 Å². The van der Waals surface area contributed by atoms with E-state index in [2.05, 4.69) is 60.5 Å². The first-order chi connectivity index (χ1) is 20.7. The normalized spacial score (nSPS) is 13.2. The van der Waals surface area contributed by atoms with Gasteiger partial charge in [0.25, 0.3) is 5.91 Å². The van der Waals surface area contributed by atoms with E-state index in [1.807, 2.05) is 18.2 Å². The molecule has 3 aromatic carbocycles. The molecule has 0 atom stereocenters. The summed E-state index contributed by atoms with van der Waals surface area (Å²) < 4.78 is 0. The summed E-state index contributed by atoms with van der Waals surface area (Å²) in [5, 5.41) is 29.7. The van der Waals surface area contributed by atoms with E-state index in [0.717, 1.165) is 40.8 Å². The Morgan fingerprint density at radius 1 is 1.02 bits per heavy atom. The van der Waals surface area contributed by atoms with E-state index in [0.29, 0.717) is 5.69 Å². The predicted octanol–water partition coefficient (Wildman–Crippen LogP) is 7.69. The van der Waals surface area contributed by atoms with Gasteiger partial charge in [-0.3, -0.25) is 4.79 Å². The molecule has 0 fully saturated rings. The van der Waals surface area contributed by atoms with Crippen molar-refractivity contribution in [3.63, 3.8) is 0 Å². The maximum atomic E-state index is 13.2. The topological polar surface area (TPSA) is 117 Å². The van der Waals surface area contributed by atoms with Gasteiger partial charge >= 0.3 is 5.97 Å². The molecule has 8 heteroatoms. The third-order valence-corrected chi connectivity index (χ3v) is 8.20. The van der Waals surface area contributed by atoms with Crippen molar-refractivity contribution in [2.24, 2.45) is 0 Å². The lowest BCUT2D eigenvalue weighted by Crippen LogP contribution is -2.24. The van der Waals surface area contributed by atoms with Crippen molar-refractivity contribution in [3.05, 3.63) is 118 Å². The SMILES string of the molecule is Cc1cc(C)cc(N2CCCc3cc(-c4ccc(/C=C(/C(=N)/C=C(\C#N)C(=O)O)C(=O)Nc5ccccc5)s4)ccc32)c1. The molecule has 2 heterocycles. The number of hydrogen-bond acceptors (Lipinski definition) is 6. The van der Waals surface area contributed by atoms with Gasteiger partial charge in [0.15, 0.2) is 0 Å². The highest BCUT2D eigenvalue weighted by Gasteiger charge is 2.21. The minimum Gasteiger partial charge on any atom is -0.477 e. The van der Waals surface area contributed by atoms with Crippen molar-refractivity contribution in [2.45, 2.75) is 26.7 Å². The second-order valence-corrected chi connectivity index (χ2v) is 11.5. The van der Waals surface area contributed by atoms with Gasteiger partial charge in [-0.2, -0.15) is 5.26 Å². The lowest BCUT2D eigenvalue weighted by atomic mass is 9.97. The van der Waals surface area contributed by atoms with Crippen molar-refractivity contribution in [1.29, 1.82) is 10.7 Å². The van der Waals surface area contributed by atoms with Crippen LogP contribution in [0.15, 0.2) is 96.1 Å². The zero-order chi connectivity index (χ0) is 30.5. The number of allylic oxidation sites excluding steroid dienone is 1. The molecule has 5 rings (SSSR count). The molecule has 0 radical (unpaired) electrons. The van der Waals surface area contributed by atoms with Crippen LogP contribution in [-0.2, 0) is 16.0 Å². The lowest BCUT2D eigenvalue weighted by Gasteiger charge is -2.32. The van der Waals surface area contributed by atoms with Crippen molar-refractivity contribution in [3.8, 4) is 16.5 Å². The number of aryl methyl sites for hydroxylation is 3. The summed E-state index contributed by atoms with van der Waals surface area (Å²) in [6, 6.07) is 27.4. The highest BCUT2D eigenvalue weighted by Crippen LogP contribution is 2.38. The summed E-state index contributed by atoms with van der Waals surface area (Å²) in [5.74, 6) is -2.04. The quantitative estimate of drug-likeness (QED) is 0.111. The monoisotopic (exact) mass is 586 g/mol. The molecule has 43 heavy (non-hydrogen) atoms. The Morgan fingerprint density at radius 2 is 1.77 bits per heavy atom. The number of amides is 1. The number of nitriles is 1. The van der Waals surface area contributed by atoms with E-state index < -0.39 is 17.4 Å². The van der Waals surface area contributed by atoms with Gasteiger partial charge in [-0.05, 0) is 110 Å². The van der Waals surface area contributed by atoms with Crippen LogP contribution in [-0.4, -0.2) is 29.2 Å². The zero-order valence-electron chi connectivity index (χ0n) is 23.8. The van der Waals surface area contributed by atoms with Crippen molar-refractivity contribution >= 4 is 52.1 Å². The number of nitrogens with zero attached hydrogens (tertiary/aromatic N) is 2. The van der Waals surface area contributed by atoms with Crippen LogP contribution in [0.3, 0.4) is 0 Å². The van der Waals surface area contributed by atoms with E-state index in [9.17, 15) is 20.0 Å². The lowest BCUT2D eigenvalue weighted by molar-refractivity contribution is -0.132. The molecule has 0 saturated heterocycles. The van der Waals surface area contributed by atoms with Crippen molar-refractivity contribution in [2.75, 3.05) is 16.8 Å². The second kappa shape index (κ2) is 12.7. The number of thiophene rings is 1. The summed E-state index contributed by atoms with van der Waals surface area (Å²) in [4.78, 5) is 28.7. The van der Waals surface area contributed by atoms with Crippen molar-refractivity contribution in [1.82, 2.24) is 0 Å². The third kappa shape index (κ3) is 6.80. The molecular formula is C35H30N4O3S. The summed E-state index contributed by atoms with van der Waals surface area (Å²) in [6.45, 7) is 5.21. The summed E-state index contributed by atoms with van der Waals surface area (Å²) in [6.07, 6.45) is 4.50. The number of nitrogens with one attached hydrogen (secondary N) is 2. The van der Waals surface area contributed by atoms with Gasteiger partial charge in [-0.25, -0.2) is 4.79 Å². The first kappa shape index (κ1) is 29.2. The number of carbonyl (C=O) groups excluding carboxylic acids is 1. The van der Waals surface area contributed by atoms with Crippen LogP contribution in [0.2, 0.25) is 0 Å². The minimum atomic E-state index is -1.46. The summed E-state index contributed by atoms with van der Waals surface area (Å²) in [7, 11) is 0. The fraction of sp³-hybridized carbons (Fsp3) is 0.143. The first-order valence-corrected chi connectivity index (χ1v) is 14.6. The number of rotatable bonds is 8. The molecule has 1 aromatic heterocycles. The first-order valence-electron chi connectivity index (χ1n) is 13.8. The fourth-order valence-corrected chi connectivity index (χ4v) is 6.15. The number of hydrogen-bond donors (Lipinski definition) is 3. The molecule has 0 saturated carbocycles. The third-order valence-electron chi connectivity index (χ3n) is 7.12. The Labute approximate surface area is 254 Å². The smallest absolute Gasteiger partial charge is 0.346 e. The Kier molecular flexibility index (Phi) is 8.65. The number of aliphatic carboxylic acids is 1. The minimum absolute atomic E-state index is 0.0548. The van der Waals surface area contributed by atoms with Crippen LogP contribution in [0, 0.1) is 30.6 Å². The van der Waals surface area contributed by atoms with E-state index >= 15 is 0 Å². The molecule has 0 unspecified atom stereocenters. The van der Waals surface area contributed by atoms with Gasteiger partial charge in [-0.1, -0.05) is 30.3 Å². The highest BCUT2D eigenvalue weighted by molar-refractivity contribution is 7.16. The average molecular weight is 587 g/mol. The number of anilines is 3. The van der Waals surface area contributed by atoms with Crippen LogP contribution in [0.4, 0.5) is 17.1 Å². The molecule has 0 bridgehead atoms. The molecule has 0 spiro atoms. The molecule has 4 aromatic rings. The number of para-hydroxylation sites is 1. The number of carbonyl (C=O) groups is 2. The van der Waals surface area contributed by atoms with Crippen LogP contribution in [0.25, 0.3) is 16.5 Å². The largest absolute Gasteiger partial charge is 0.477 e. The second-order valence-electron chi connectivity index (χ2n) is 10.4. The van der Waals surface area contributed by atoms with Gasteiger partial charge in [0.05, 0.1) is 11.3 Å². The summed E-state index contributed by atoms with van der Waals surface area (Å²) in [5.41, 5.74) is 6.72. The molecule has 1 aliphatic rings. The van der Waals surface area contributed by atoms with Gasteiger partial charge < -0.3 is 20.7 Å². The maximum absolute atomic E-state index is 13.2. The van der Waals surface area contributed by atoms with Crippen molar-refractivity contribution < 1.29 is 14.7 Å². The number of carboxylic acid groups (broad SMARTS) is 1. The molecule has 1 amide bonds. The van der Waals surface area contributed by atoms with E-state index in [1.165, 1.54) is 39.4 Å². The van der Waals surface area contributed by atoms with E-state index in [4.69, 9.17) is 5.41 Å². The Bertz CT molecular complexity index is 1810.